The Morgan fingerprint density at radius 1 is 1.23 bits per heavy atom. The fourth-order valence-electron chi connectivity index (χ4n) is 4.34. The zero-order chi connectivity index (χ0) is 31.9. The third kappa shape index (κ3) is 8.66. The maximum absolute atomic E-state index is 13.7. The van der Waals surface area contributed by atoms with Gasteiger partial charge in [-0.15, -0.1) is 0 Å². The molecular weight excluding hydrogens is 567 g/mol. The number of amides is 2. The number of carbonyl (C=O) groups excluding carboxylic acids is 3. The summed E-state index contributed by atoms with van der Waals surface area (Å²) in [6.45, 7) is 3.37. The molecule has 0 aliphatic heterocycles. The summed E-state index contributed by atoms with van der Waals surface area (Å²) in [4.78, 5) is 58.4. The van der Waals surface area contributed by atoms with Crippen LogP contribution in [0.5, 0.6) is 0 Å². The first-order chi connectivity index (χ1) is 20.2. The monoisotopic (exact) mass is 601 g/mol. The van der Waals surface area contributed by atoms with Gasteiger partial charge >= 0.3 is 12.3 Å². The molecule has 13 heteroatoms. The number of allylic oxidation sites excluding steroid dienone is 2. The SMILES string of the molecule is COC(=O)N[C@@H](CC/C=C/C(=O)N(C)C)C(=O)Cc1cccn(Cc2cc3ncc(C(F)(F)F)c(C=C(C)C)c3[nH]2)c1=O. The number of nitrogens with one attached hydrogen (secondary N) is 2. The Bertz CT molecular complexity index is 1610. The predicted octanol–water partition coefficient (Wildman–Crippen LogP) is 4.48. The minimum Gasteiger partial charge on any atom is -0.453 e. The number of fused-ring (bicyclic) bond motifs is 1. The first kappa shape index (κ1) is 32.8. The fourth-order valence-corrected chi connectivity index (χ4v) is 4.34. The molecule has 0 aromatic carbocycles. The van der Waals surface area contributed by atoms with Crippen LogP contribution in [0.2, 0.25) is 0 Å². The Labute approximate surface area is 246 Å². The second-order valence-corrected chi connectivity index (χ2v) is 10.4. The van der Waals surface area contributed by atoms with E-state index in [1.54, 1.807) is 46.2 Å². The van der Waals surface area contributed by atoms with E-state index in [0.29, 0.717) is 23.2 Å². The van der Waals surface area contributed by atoms with Crippen LogP contribution in [0.25, 0.3) is 17.1 Å². The number of rotatable bonds is 11. The van der Waals surface area contributed by atoms with Gasteiger partial charge in [-0.25, -0.2) is 4.79 Å². The summed E-state index contributed by atoms with van der Waals surface area (Å²) in [6, 6.07) is 3.68. The number of alkyl carbamates (subject to hydrolysis) is 1. The summed E-state index contributed by atoms with van der Waals surface area (Å²) < 4.78 is 47.0. The molecule has 0 unspecified atom stereocenters. The molecule has 3 rings (SSSR count). The van der Waals surface area contributed by atoms with Gasteiger partial charge in [-0.1, -0.05) is 23.8 Å². The van der Waals surface area contributed by atoms with Crippen molar-refractivity contribution in [1.29, 1.82) is 0 Å². The van der Waals surface area contributed by atoms with E-state index in [1.807, 2.05) is 0 Å². The summed E-state index contributed by atoms with van der Waals surface area (Å²) in [5.74, 6) is -0.665. The van der Waals surface area contributed by atoms with Crippen LogP contribution >= 0.6 is 0 Å². The zero-order valence-corrected chi connectivity index (χ0v) is 24.5. The van der Waals surface area contributed by atoms with Crippen LogP contribution in [0.1, 0.15) is 49.1 Å². The number of carbonyl (C=O) groups is 3. The molecule has 0 aliphatic rings. The van der Waals surface area contributed by atoms with Gasteiger partial charge in [-0.3, -0.25) is 19.4 Å². The molecule has 230 valence electrons. The Morgan fingerprint density at radius 3 is 2.58 bits per heavy atom. The minimum atomic E-state index is -4.61. The molecule has 0 radical (unpaired) electrons. The van der Waals surface area contributed by atoms with Crippen molar-refractivity contribution in [1.82, 2.24) is 24.8 Å². The highest BCUT2D eigenvalue weighted by Crippen LogP contribution is 2.35. The number of methoxy groups -OCH3 is 1. The summed E-state index contributed by atoms with van der Waals surface area (Å²) in [5.41, 5.74) is 0.401. The lowest BCUT2D eigenvalue weighted by Crippen LogP contribution is -2.42. The molecule has 3 aromatic rings. The smallest absolute Gasteiger partial charge is 0.418 e. The lowest BCUT2D eigenvalue weighted by molar-refractivity contribution is -0.137. The number of ether oxygens (including phenoxy) is 1. The number of hydrogen-bond acceptors (Lipinski definition) is 6. The number of hydrogen-bond donors (Lipinski definition) is 2. The maximum Gasteiger partial charge on any atom is 0.418 e. The second kappa shape index (κ2) is 14.0. The topological polar surface area (TPSA) is 126 Å². The number of Topliss-reactive ketones (excluding diaryl/α,β-unsaturated/α-hetero) is 1. The van der Waals surface area contributed by atoms with Crippen LogP contribution in [0.15, 0.2) is 53.1 Å². The summed E-state index contributed by atoms with van der Waals surface area (Å²) in [6.07, 6.45) is 1.45. The molecule has 3 aromatic heterocycles. The van der Waals surface area contributed by atoms with Crippen LogP contribution in [0.4, 0.5) is 18.0 Å². The highest BCUT2D eigenvalue weighted by atomic mass is 19.4. The van der Waals surface area contributed by atoms with Crippen LogP contribution in [0.3, 0.4) is 0 Å². The standard InChI is InChI=1S/C30H34F3N5O5/c1-18(2)13-21-22(30(31,32)33)16-34-24-15-20(35-27(21)24)17-38-12-8-9-19(28(38)41)14-25(39)23(36-29(42)43-5)10-6-7-11-26(40)37(3)4/h7-9,11-13,15-16,23,35H,6,10,14,17H2,1-5H3,(H,36,42)/b11-7+/t23-/m0/s1. The average Bonchev–Trinajstić information content (AvgIpc) is 3.34. The molecule has 0 saturated heterocycles. The van der Waals surface area contributed by atoms with Crippen LogP contribution in [-0.2, 0) is 33.5 Å². The number of aromatic amines is 1. The lowest BCUT2D eigenvalue weighted by atomic mass is 10.0. The van der Waals surface area contributed by atoms with E-state index < -0.39 is 35.2 Å². The van der Waals surface area contributed by atoms with Crippen molar-refractivity contribution < 1.29 is 32.3 Å². The van der Waals surface area contributed by atoms with Gasteiger partial charge in [0.1, 0.15) is 0 Å². The van der Waals surface area contributed by atoms with Gasteiger partial charge in [0, 0.05) is 49.7 Å². The van der Waals surface area contributed by atoms with Gasteiger partial charge in [0.05, 0.1) is 36.3 Å². The molecule has 0 bridgehead atoms. The highest BCUT2D eigenvalue weighted by Gasteiger charge is 2.34. The Morgan fingerprint density at radius 2 is 1.95 bits per heavy atom. The van der Waals surface area contributed by atoms with E-state index in [0.717, 1.165) is 13.3 Å². The number of ketones is 1. The maximum atomic E-state index is 13.7. The van der Waals surface area contributed by atoms with Crippen molar-refractivity contribution >= 4 is 34.9 Å². The number of likely N-dealkylation sites (N-methyl/N-ethyl adjacent to an activating group) is 1. The van der Waals surface area contributed by atoms with Gasteiger partial charge in [0.25, 0.3) is 5.56 Å². The fraction of sp³-hybridized carbons (Fsp3) is 0.367. The quantitative estimate of drug-likeness (QED) is 0.312. The average molecular weight is 602 g/mol. The van der Waals surface area contributed by atoms with E-state index >= 15 is 0 Å². The van der Waals surface area contributed by atoms with E-state index in [4.69, 9.17) is 0 Å². The second-order valence-electron chi connectivity index (χ2n) is 10.4. The number of halogens is 3. The van der Waals surface area contributed by atoms with Crippen molar-refractivity contribution in [3.05, 3.63) is 81.1 Å². The van der Waals surface area contributed by atoms with Crippen LogP contribution in [0, 0.1) is 0 Å². The van der Waals surface area contributed by atoms with E-state index in [1.165, 1.54) is 33.9 Å². The zero-order valence-electron chi connectivity index (χ0n) is 24.5. The lowest BCUT2D eigenvalue weighted by Gasteiger charge is -2.16. The Hall–Kier alpha value is -4.68. The summed E-state index contributed by atoms with van der Waals surface area (Å²) in [5, 5.41) is 2.47. The Balaban J connectivity index is 1.85. The van der Waals surface area contributed by atoms with E-state index in [-0.39, 0.29) is 41.9 Å². The van der Waals surface area contributed by atoms with Crippen molar-refractivity contribution in [2.45, 2.75) is 51.9 Å². The normalized spacial score (nSPS) is 12.3. The summed E-state index contributed by atoms with van der Waals surface area (Å²) >= 11 is 0. The molecule has 1 atom stereocenters. The van der Waals surface area contributed by atoms with Gasteiger partial charge in [0.2, 0.25) is 5.91 Å². The highest BCUT2D eigenvalue weighted by molar-refractivity contribution is 5.89. The molecule has 3 heterocycles. The van der Waals surface area contributed by atoms with Crippen molar-refractivity contribution in [3.63, 3.8) is 0 Å². The molecular formula is C30H34F3N5O5. The minimum absolute atomic E-state index is 0.0125. The molecule has 0 fully saturated rings. The first-order valence-corrected chi connectivity index (χ1v) is 13.4. The molecule has 43 heavy (non-hydrogen) atoms. The van der Waals surface area contributed by atoms with Crippen LogP contribution in [-0.4, -0.2) is 64.5 Å². The molecule has 10 nitrogen and oxygen atoms in total. The van der Waals surface area contributed by atoms with Gasteiger partial charge in [0.15, 0.2) is 5.78 Å². The van der Waals surface area contributed by atoms with E-state index in [2.05, 4.69) is 20.0 Å². The number of nitrogens with zero attached hydrogens (tertiary/aromatic N) is 3. The van der Waals surface area contributed by atoms with E-state index in [9.17, 15) is 32.3 Å². The summed E-state index contributed by atoms with van der Waals surface area (Å²) in [7, 11) is 4.37. The Kier molecular flexibility index (Phi) is 10.7. The molecule has 0 spiro atoms. The third-order valence-corrected chi connectivity index (χ3v) is 6.48. The molecule has 2 N–H and O–H groups in total. The number of pyridine rings is 2. The van der Waals surface area contributed by atoms with Gasteiger partial charge in [-0.05, 0) is 44.9 Å². The first-order valence-electron chi connectivity index (χ1n) is 13.4. The van der Waals surface area contributed by atoms with Crippen molar-refractivity contribution in [2.24, 2.45) is 0 Å². The van der Waals surface area contributed by atoms with Crippen molar-refractivity contribution in [3.8, 4) is 0 Å². The number of H-pyrrole nitrogens is 1. The largest absolute Gasteiger partial charge is 0.453 e. The molecule has 0 aliphatic carbocycles. The van der Waals surface area contributed by atoms with Gasteiger partial charge < -0.3 is 24.5 Å². The number of aromatic nitrogens is 3. The number of alkyl halides is 3. The molecule has 2 amide bonds. The third-order valence-electron chi connectivity index (χ3n) is 6.48. The predicted molar refractivity (Wildman–Crippen MR) is 155 cm³/mol. The van der Waals surface area contributed by atoms with Crippen molar-refractivity contribution in [2.75, 3.05) is 21.2 Å². The van der Waals surface area contributed by atoms with Crippen LogP contribution < -0.4 is 10.9 Å². The van der Waals surface area contributed by atoms with Gasteiger partial charge in [-0.2, -0.15) is 13.2 Å². The molecule has 0 saturated carbocycles.